The third-order valence-corrected chi connectivity index (χ3v) is 3.43. The molecule has 0 atom stereocenters. The SMILES string of the molecule is CC(C)NS(=O)(=O)CCC(C)(C)NC=O. The number of carbonyl (C=O) groups is 1. The normalized spacial score (nSPS) is 12.9. The summed E-state index contributed by atoms with van der Waals surface area (Å²) in [5, 5.41) is 2.57. The van der Waals surface area contributed by atoms with E-state index in [4.69, 9.17) is 0 Å². The fourth-order valence-corrected chi connectivity index (χ4v) is 2.65. The molecule has 15 heavy (non-hydrogen) atoms. The van der Waals surface area contributed by atoms with Gasteiger partial charge in [-0.2, -0.15) is 0 Å². The zero-order valence-corrected chi connectivity index (χ0v) is 10.5. The molecule has 0 rings (SSSR count). The summed E-state index contributed by atoms with van der Waals surface area (Å²) in [6.45, 7) is 7.11. The van der Waals surface area contributed by atoms with E-state index in [1.165, 1.54) is 0 Å². The van der Waals surface area contributed by atoms with Crippen molar-refractivity contribution >= 4 is 16.4 Å². The van der Waals surface area contributed by atoms with Gasteiger partial charge in [0.2, 0.25) is 16.4 Å². The van der Waals surface area contributed by atoms with Gasteiger partial charge in [-0.3, -0.25) is 4.79 Å². The van der Waals surface area contributed by atoms with Crippen LogP contribution in [-0.4, -0.2) is 32.2 Å². The molecule has 0 saturated heterocycles. The Morgan fingerprint density at radius 2 is 1.87 bits per heavy atom. The van der Waals surface area contributed by atoms with E-state index < -0.39 is 15.6 Å². The van der Waals surface area contributed by atoms with E-state index in [0.29, 0.717) is 12.8 Å². The molecule has 5 nitrogen and oxygen atoms in total. The Morgan fingerprint density at radius 3 is 2.27 bits per heavy atom. The number of nitrogens with one attached hydrogen (secondary N) is 2. The van der Waals surface area contributed by atoms with E-state index in [9.17, 15) is 13.2 Å². The van der Waals surface area contributed by atoms with Gasteiger partial charge in [-0.1, -0.05) is 0 Å². The number of sulfonamides is 1. The van der Waals surface area contributed by atoms with E-state index in [1.807, 2.05) is 0 Å². The van der Waals surface area contributed by atoms with Crippen molar-refractivity contribution in [2.45, 2.75) is 45.7 Å². The van der Waals surface area contributed by atoms with Crippen LogP contribution in [0, 0.1) is 0 Å². The maximum Gasteiger partial charge on any atom is 0.211 e. The number of rotatable bonds is 7. The second-order valence-electron chi connectivity index (χ2n) is 4.49. The minimum Gasteiger partial charge on any atom is -0.354 e. The molecule has 0 aliphatic rings. The van der Waals surface area contributed by atoms with Gasteiger partial charge in [-0.25, -0.2) is 13.1 Å². The molecule has 0 spiro atoms. The summed E-state index contributed by atoms with van der Waals surface area (Å²) >= 11 is 0. The van der Waals surface area contributed by atoms with E-state index >= 15 is 0 Å². The molecule has 90 valence electrons. The maximum absolute atomic E-state index is 11.5. The molecule has 0 unspecified atom stereocenters. The van der Waals surface area contributed by atoms with Gasteiger partial charge in [0.15, 0.2) is 0 Å². The second kappa shape index (κ2) is 5.46. The Bertz CT molecular complexity index is 296. The highest BCUT2D eigenvalue weighted by Crippen LogP contribution is 2.08. The molecule has 0 heterocycles. The topological polar surface area (TPSA) is 75.3 Å². The van der Waals surface area contributed by atoms with Crippen LogP contribution in [0.5, 0.6) is 0 Å². The largest absolute Gasteiger partial charge is 0.354 e. The molecule has 0 aromatic carbocycles. The van der Waals surface area contributed by atoms with Crippen molar-refractivity contribution in [3.63, 3.8) is 0 Å². The number of hydrogen-bond acceptors (Lipinski definition) is 3. The van der Waals surface area contributed by atoms with Crippen LogP contribution in [0.4, 0.5) is 0 Å². The standard InChI is InChI=1S/C9H20N2O3S/c1-8(2)11-15(13,14)6-5-9(3,4)10-7-12/h7-8,11H,5-6H2,1-4H3,(H,10,12). The first-order valence-corrected chi connectivity index (χ1v) is 6.55. The fraction of sp³-hybridized carbons (Fsp3) is 0.889. The molecule has 0 aliphatic heterocycles. The third kappa shape index (κ3) is 7.33. The lowest BCUT2D eigenvalue weighted by Crippen LogP contribution is -2.42. The highest BCUT2D eigenvalue weighted by molar-refractivity contribution is 7.89. The molecule has 0 aromatic heterocycles. The van der Waals surface area contributed by atoms with E-state index in [1.54, 1.807) is 27.7 Å². The zero-order valence-electron chi connectivity index (χ0n) is 9.70. The van der Waals surface area contributed by atoms with E-state index in [2.05, 4.69) is 10.0 Å². The molecular formula is C9H20N2O3S. The first kappa shape index (κ1) is 14.4. The van der Waals surface area contributed by atoms with E-state index in [-0.39, 0.29) is 11.8 Å². The molecule has 0 radical (unpaired) electrons. The molecule has 1 amide bonds. The van der Waals surface area contributed by atoms with Crippen LogP contribution in [0.2, 0.25) is 0 Å². The highest BCUT2D eigenvalue weighted by atomic mass is 32.2. The minimum absolute atomic E-state index is 0.0129. The van der Waals surface area contributed by atoms with Gasteiger partial charge in [0.1, 0.15) is 0 Å². The van der Waals surface area contributed by atoms with Crippen molar-refractivity contribution < 1.29 is 13.2 Å². The van der Waals surface area contributed by atoms with Crippen LogP contribution in [0.1, 0.15) is 34.1 Å². The van der Waals surface area contributed by atoms with Crippen molar-refractivity contribution in [3.05, 3.63) is 0 Å². The van der Waals surface area contributed by atoms with Gasteiger partial charge in [0, 0.05) is 11.6 Å². The van der Waals surface area contributed by atoms with Crippen LogP contribution in [0.3, 0.4) is 0 Å². The Labute approximate surface area is 91.7 Å². The summed E-state index contributed by atoms with van der Waals surface area (Å²) in [7, 11) is -3.24. The maximum atomic E-state index is 11.5. The number of amides is 1. The van der Waals surface area contributed by atoms with Gasteiger partial charge < -0.3 is 5.32 Å². The molecule has 0 saturated carbocycles. The molecule has 0 fully saturated rings. The second-order valence-corrected chi connectivity index (χ2v) is 6.36. The quantitative estimate of drug-likeness (QED) is 0.621. The predicted molar refractivity (Wildman–Crippen MR) is 60.0 cm³/mol. The Hall–Kier alpha value is -0.620. The summed E-state index contributed by atoms with van der Waals surface area (Å²) in [5.74, 6) is 0.0129. The molecular weight excluding hydrogens is 216 g/mol. The smallest absolute Gasteiger partial charge is 0.211 e. The average Bonchev–Trinajstić information content (AvgIpc) is 1.99. The molecule has 0 bridgehead atoms. The Kier molecular flexibility index (Phi) is 5.23. The molecule has 2 N–H and O–H groups in total. The molecule has 0 aromatic rings. The van der Waals surface area contributed by atoms with Gasteiger partial charge >= 0.3 is 0 Å². The highest BCUT2D eigenvalue weighted by Gasteiger charge is 2.21. The summed E-state index contributed by atoms with van der Waals surface area (Å²) in [5.41, 5.74) is -0.493. The number of carbonyl (C=O) groups excluding carboxylic acids is 1. The van der Waals surface area contributed by atoms with Crippen LogP contribution in [0.15, 0.2) is 0 Å². The fourth-order valence-electron chi connectivity index (χ4n) is 1.04. The Morgan fingerprint density at radius 1 is 1.33 bits per heavy atom. The van der Waals surface area contributed by atoms with Crippen molar-refractivity contribution in [1.29, 1.82) is 0 Å². The van der Waals surface area contributed by atoms with Gasteiger partial charge in [-0.15, -0.1) is 0 Å². The first-order valence-electron chi connectivity index (χ1n) is 4.90. The zero-order chi connectivity index (χ0) is 12.1. The van der Waals surface area contributed by atoms with E-state index in [0.717, 1.165) is 0 Å². The van der Waals surface area contributed by atoms with Gasteiger partial charge in [-0.05, 0) is 34.1 Å². The molecule has 6 heteroatoms. The minimum atomic E-state index is -3.24. The van der Waals surface area contributed by atoms with Gasteiger partial charge in [0.05, 0.1) is 5.75 Å². The Balaban J connectivity index is 4.20. The van der Waals surface area contributed by atoms with Crippen LogP contribution in [0.25, 0.3) is 0 Å². The van der Waals surface area contributed by atoms with Crippen molar-refractivity contribution in [2.24, 2.45) is 0 Å². The third-order valence-electron chi connectivity index (χ3n) is 1.86. The lowest BCUT2D eigenvalue weighted by atomic mass is 10.0. The number of hydrogen-bond donors (Lipinski definition) is 2. The van der Waals surface area contributed by atoms with Gasteiger partial charge in [0.25, 0.3) is 0 Å². The van der Waals surface area contributed by atoms with Crippen molar-refractivity contribution in [3.8, 4) is 0 Å². The molecule has 0 aliphatic carbocycles. The summed E-state index contributed by atoms with van der Waals surface area (Å²) < 4.78 is 25.4. The predicted octanol–water partition coefficient (Wildman–Crippen LogP) is 0.229. The van der Waals surface area contributed by atoms with Crippen molar-refractivity contribution in [2.75, 3.05) is 5.75 Å². The lowest BCUT2D eigenvalue weighted by Gasteiger charge is -2.23. The van der Waals surface area contributed by atoms with Crippen LogP contribution >= 0.6 is 0 Å². The first-order chi connectivity index (χ1) is 6.68. The van der Waals surface area contributed by atoms with Crippen molar-refractivity contribution in [1.82, 2.24) is 10.0 Å². The monoisotopic (exact) mass is 236 g/mol. The lowest BCUT2D eigenvalue weighted by molar-refractivity contribution is -0.110. The average molecular weight is 236 g/mol. The summed E-state index contributed by atoms with van der Waals surface area (Å²) in [4.78, 5) is 10.2. The van der Waals surface area contributed by atoms with Crippen LogP contribution in [-0.2, 0) is 14.8 Å². The van der Waals surface area contributed by atoms with Crippen LogP contribution < -0.4 is 10.0 Å². The summed E-state index contributed by atoms with van der Waals surface area (Å²) in [6.07, 6.45) is 0.969. The summed E-state index contributed by atoms with van der Waals surface area (Å²) in [6, 6.07) is -0.0999.